The quantitative estimate of drug-likeness (QED) is 0.750. The first-order chi connectivity index (χ1) is 8.74. The van der Waals surface area contributed by atoms with Gasteiger partial charge >= 0.3 is 0 Å². The number of carbonyl (C=O) groups is 2. The topological polar surface area (TPSA) is 66.7 Å². The summed E-state index contributed by atoms with van der Waals surface area (Å²) in [6, 6.07) is 0. The zero-order valence-electron chi connectivity index (χ0n) is 10.1. The number of aromatic nitrogens is 1. The maximum atomic E-state index is 12.1. The van der Waals surface area contributed by atoms with Gasteiger partial charge in [0.15, 0.2) is 0 Å². The molecule has 6 heteroatoms. The summed E-state index contributed by atoms with van der Waals surface area (Å²) in [5.41, 5.74) is 1.92. The molecule has 0 spiro atoms. The van der Waals surface area contributed by atoms with Crippen LogP contribution in [0.25, 0.3) is 0 Å². The van der Waals surface area contributed by atoms with Crippen LogP contribution in [0.3, 0.4) is 0 Å². The van der Waals surface area contributed by atoms with Crippen molar-refractivity contribution in [1.82, 2.24) is 15.0 Å². The Kier molecular flexibility index (Phi) is 2.77. The number of fused-ring (bicyclic) bond motifs is 1. The number of likely N-dealkylation sites (tertiary alicyclic amines) is 1. The molecule has 0 N–H and O–H groups in total. The highest BCUT2D eigenvalue weighted by molar-refractivity contribution is 5.86. The Hall–Kier alpha value is -1.85. The molecule has 3 heterocycles. The number of hydrogen-bond acceptors (Lipinski definition) is 4. The fraction of sp³-hybridized carbons (Fsp3) is 0.583. The summed E-state index contributed by atoms with van der Waals surface area (Å²) in [6.45, 7) is 2.11. The smallest absolute Gasteiger partial charge is 0.242 e. The third-order valence-corrected chi connectivity index (χ3v) is 3.56. The van der Waals surface area contributed by atoms with Crippen molar-refractivity contribution in [1.29, 1.82) is 0 Å². The molecule has 2 amide bonds. The molecule has 0 radical (unpaired) electrons. The van der Waals surface area contributed by atoms with E-state index in [0.717, 1.165) is 24.1 Å². The van der Waals surface area contributed by atoms with Crippen LogP contribution in [0.15, 0.2) is 10.8 Å². The summed E-state index contributed by atoms with van der Waals surface area (Å²) in [7, 11) is 0. The molecule has 0 saturated carbocycles. The van der Waals surface area contributed by atoms with Crippen molar-refractivity contribution in [2.45, 2.75) is 25.8 Å². The average molecular weight is 249 g/mol. The van der Waals surface area contributed by atoms with Crippen molar-refractivity contribution in [3.05, 3.63) is 17.5 Å². The first-order valence-corrected chi connectivity index (χ1v) is 6.22. The summed E-state index contributed by atoms with van der Waals surface area (Å²) in [6.07, 6.45) is 3.76. The molecular formula is C12H15N3O3. The molecule has 0 aliphatic carbocycles. The molecule has 0 unspecified atom stereocenters. The van der Waals surface area contributed by atoms with E-state index in [-0.39, 0.29) is 18.4 Å². The molecule has 2 aliphatic rings. The molecule has 1 saturated heterocycles. The minimum Gasteiger partial charge on any atom is -0.364 e. The van der Waals surface area contributed by atoms with E-state index in [1.165, 1.54) is 0 Å². The van der Waals surface area contributed by atoms with Crippen molar-refractivity contribution in [2.75, 3.05) is 19.6 Å². The number of carbonyl (C=O) groups excluding carboxylic acids is 2. The first kappa shape index (κ1) is 11.3. The van der Waals surface area contributed by atoms with Gasteiger partial charge < -0.3 is 14.3 Å². The van der Waals surface area contributed by atoms with Gasteiger partial charge in [-0.1, -0.05) is 5.16 Å². The number of amides is 2. The van der Waals surface area contributed by atoms with Gasteiger partial charge in [0.1, 0.15) is 6.26 Å². The van der Waals surface area contributed by atoms with E-state index >= 15 is 0 Å². The second kappa shape index (κ2) is 4.44. The maximum absolute atomic E-state index is 12.1. The Morgan fingerprint density at radius 2 is 2.28 bits per heavy atom. The minimum absolute atomic E-state index is 0.0112. The van der Waals surface area contributed by atoms with Crippen molar-refractivity contribution in [3.8, 4) is 0 Å². The first-order valence-electron chi connectivity index (χ1n) is 6.22. The van der Waals surface area contributed by atoms with E-state index in [1.807, 2.05) is 0 Å². The lowest BCUT2D eigenvalue weighted by molar-refractivity contribution is -0.139. The lowest BCUT2D eigenvalue weighted by atomic mass is 10.1. The van der Waals surface area contributed by atoms with Crippen LogP contribution in [0.1, 0.15) is 24.1 Å². The van der Waals surface area contributed by atoms with E-state index in [2.05, 4.69) is 5.16 Å². The lowest BCUT2D eigenvalue weighted by Crippen LogP contribution is -2.42. The molecule has 1 fully saturated rings. The third kappa shape index (κ3) is 1.98. The van der Waals surface area contributed by atoms with E-state index in [1.54, 1.807) is 16.1 Å². The largest absolute Gasteiger partial charge is 0.364 e. The van der Waals surface area contributed by atoms with Gasteiger partial charge in [-0.05, 0) is 6.42 Å². The molecule has 96 valence electrons. The molecule has 1 aromatic rings. The molecule has 0 aromatic carbocycles. The molecular weight excluding hydrogens is 234 g/mol. The summed E-state index contributed by atoms with van der Waals surface area (Å²) in [4.78, 5) is 27.0. The number of rotatable bonds is 2. The maximum Gasteiger partial charge on any atom is 0.242 e. The van der Waals surface area contributed by atoms with E-state index in [0.29, 0.717) is 26.1 Å². The van der Waals surface area contributed by atoms with Gasteiger partial charge in [0, 0.05) is 31.5 Å². The molecule has 3 rings (SSSR count). The van der Waals surface area contributed by atoms with Gasteiger partial charge in [-0.3, -0.25) is 9.59 Å². The van der Waals surface area contributed by atoms with Crippen molar-refractivity contribution in [2.24, 2.45) is 0 Å². The normalized spacial score (nSPS) is 19.2. The van der Waals surface area contributed by atoms with E-state index in [4.69, 9.17) is 4.52 Å². The minimum atomic E-state index is 0.0112. The predicted molar refractivity (Wildman–Crippen MR) is 61.4 cm³/mol. The zero-order valence-corrected chi connectivity index (χ0v) is 10.1. The van der Waals surface area contributed by atoms with Crippen LogP contribution in [-0.2, 0) is 22.6 Å². The molecule has 2 aliphatic heterocycles. The summed E-state index contributed by atoms with van der Waals surface area (Å²) in [5, 5.41) is 3.89. The van der Waals surface area contributed by atoms with Crippen LogP contribution in [-0.4, -0.2) is 46.4 Å². The van der Waals surface area contributed by atoms with Gasteiger partial charge in [-0.25, -0.2) is 0 Å². The van der Waals surface area contributed by atoms with E-state index < -0.39 is 0 Å². The fourth-order valence-electron chi connectivity index (χ4n) is 2.49. The molecule has 6 nitrogen and oxygen atoms in total. The van der Waals surface area contributed by atoms with Gasteiger partial charge in [-0.15, -0.1) is 0 Å². The SMILES string of the molecule is O=C1CCCN1CC(=O)N1CCc2nocc2C1. The van der Waals surface area contributed by atoms with Gasteiger partial charge in [-0.2, -0.15) is 0 Å². The highest BCUT2D eigenvalue weighted by Gasteiger charge is 2.27. The Balaban J connectivity index is 1.62. The Morgan fingerprint density at radius 1 is 1.39 bits per heavy atom. The molecule has 0 atom stereocenters. The predicted octanol–water partition coefficient (Wildman–Crippen LogP) is 0.182. The van der Waals surface area contributed by atoms with E-state index in [9.17, 15) is 9.59 Å². The van der Waals surface area contributed by atoms with Gasteiger partial charge in [0.25, 0.3) is 0 Å². The van der Waals surface area contributed by atoms with Crippen LogP contribution in [0, 0.1) is 0 Å². The summed E-state index contributed by atoms with van der Waals surface area (Å²) < 4.78 is 4.89. The van der Waals surface area contributed by atoms with Crippen LogP contribution in [0.2, 0.25) is 0 Å². The van der Waals surface area contributed by atoms with Crippen LogP contribution >= 0.6 is 0 Å². The summed E-state index contributed by atoms with van der Waals surface area (Å²) >= 11 is 0. The van der Waals surface area contributed by atoms with Crippen molar-refractivity contribution in [3.63, 3.8) is 0 Å². The Labute approximate surface area is 105 Å². The molecule has 18 heavy (non-hydrogen) atoms. The van der Waals surface area contributed by atoms with Gasteiger partial charge in [0.2, 0.25) is 11.8 Å². The van der Waals surface area contributed by atoms with Crippen LogP contribution < -0.4 is 0 Å². The fourth-order valence-corrected chi connectivity index (χ4v) is 2.49. The van der Waals surface area contributed by atoms with Crippen LogP contribution in [0.5, 0.6) is 0 Å². The molecule has 1 aromatic heterocycles. The monoisotopic (exact) mass is 249 g/mol. The molecule has 0 bridgehead atoms. The second-order valence-corrected chi connectivity index (χ2v) is 4.77. The van der Waals surface area contributed by atoms with Crippen molar-refractivity contribution < 1.29 is 14.1 Å². The Morgan fingerprint density at radius 3 is 3.06 bits per heavy atom. The van der Waals surface area contributed by atoms with Crippen LogP contribution in [0.4, 0.5) is 0 Å². The lowest BCUT2D eigenvalue weighted by Gasteiger charge is -2.27. The highest BCUT2D eigenvalue weighted by Crippen LogP contribution is 2.18. The zero-order chi connectivity index (χ0) is 12.5. The Bertz CT molecular complexity index is 483. The van der Waals surface area contributed by atoms with Gasteiger partial charge in [0.05, 0.1) is 18.8 Å². The third-order valence-electron chi connectivity index (χ3n) is 3.56. The standard InChI is InChI=1S/C12H15N3O3/c16-11-2-1-4-14(11)7-12(17)15-5-3-10-9(6-15)8-18-13-10/h8H,1-7H2. The van der Waals surface area contributed by atoms with Crippen molar-refractivity contribution >= 4 is 11.8 Å². The average Bonchev–Trinajstić information content (AvgIpc) is 2.98. The highest BCUT2D eigenvalue weighted by atomic mass is 16.5. The number of nitrogens with zero attached hydrogens (tertiary/aromatic N) is 3. The summed E-state index contributed by atoms with van der Waals surface area (Å²) in [5.74, 6) is 0.100. The number of hydrogen-bond donors (Lipinski definition) is 0. The second-order valence-electron chi connectivity index (χ2n) is 4.77.